The van der Waals surface area contributed by atoms with E-state index in [4.69, 9.17) is 4.74 Å². The molecule has 0 bridgehead atoms. The minimum Gasteiger partial charge on any atom is -0.370 e. The zero-order chi connectivity index (χ0) is 10.2. The number of rotatable bonds is 5. The molecule has 4 heteroatoms. The molecule has 4 nitrogen and oxygen atoms in total. The summed E-state index contributed by atoms with van der Waals surface area (Å²) < 4.78 is 5.24. The number of ether oxygens (including phenoxy) is 1. The molecule has 0 aromatic heterocycles. The molecular weight excluding hydrogens is 180 g/mol. The van der Waals surface area contributed by atoms with E-state index in [1.54, 1.807) is 7.05 Å². The lowest BCUT2D eigenvalue weighted by Gasteiger charge is -2.25. The van der Waals surface area contributed by atoms with Gasteiger partial charge in [-0.3, -0.25) is 4.79 Å². The van der Waals surface area contributed by atoms with E-state index in [-0.39, 0.29) is 12.5 Å². The number of piperidine rings is 1. The highest BCUT2D eigenvalue weighted by Crippen LogP contribution is 2.07. The maximum Gasteiger partial charge on any atom is 0.245 e. The van der Waals surface area contributed by atoms with E-state index >= 15 is 0 Å². The average molecular weight is 200 g/mol. The fourth-order valence-corrected chi connectivity index (χ4v) is 1.61. The third-order valence-electron chi connectivity index (χ3n) is 2.51. The minimum absolute atomic E-state index is 0.0522. The summed E-state index contributed by atoms with van der Waals surface area (Å²) in [5.41, 5.74) is 0. The Morgan fingerprint density at radius 3 is 2.71 bits per heavy atom. The van der Waals surface area contributed by atoms with Gasteiger partial charge >= 0.3 is 0 Å². The molecule has 0 aliphatic carbocycles. The third kappa shape index (κ3) is 4.58. The smallest absolute Gasteiger partial charge is 0.245 e. The molecule has 82 valence electrons. The number of hydrogen-bond acceptors (Lipinski definition) is 3. The van der Waals surface area contributed by atoms with Crippen molar-refractivity contribution < 1.29 is 9.53 Å². The van der Waals surface area contributed by atoms with Crippen LogP contribution in [0.25, 0.3) is 0 Å². The van der Waals surface area contributed by atoms with Gasteiger partial charge in [0, 0.05) is 13.6 Å². The van der Waals surface area contributed by atoms with Gasteiger partial charge in [0.25, 0.3) is 0 Å². The van der Waals surface area contributed by atoms with Crippen LogP contribution in [-0.4, -0.2) is 50.7 Å². The number of carbonyl (C=O) groups excluding carboxylic acids is 1. The van der Waals surface area contributed by atoms with E-state index < -0.39 is 0 Å². The number of likely N-dealkylation sites (tertiary alicyclic amines) is 1. The van der Waals surface area contributed by atoms with Crippen LogP contribution >= 0.6 is 0 Å². The van der Waals surface area contributed by atoms with Crippen molar-refractivity contribution in [3.8, 4) is 0 Å². The Morgan fingerprint density at radius 2 is 2.07 bits per heavy atom. The molecule has 1 rings (SSSR count). The largest absolute Gasteiger partial charge is 0.370 e. The summed E-state index contributed by atoms with van der Waals surface area (Å²) in [5, 5.41) is 2.53. The monoisotopic (exact) mass is 200 g/mol. The molecule has 1 saturated heterocycles. The molecule has 0 atom stereocenters. The molecule has 0 unspecified atom stereocenters. The average Bonchev–Trinajstić information content (AvgIpc) is 2.25. The first kappa shape index (κ1) is 11.5. The van der Waals surface area contributed by atoms with Crippen LogP contribution < -0.4 is 5.32 Å². The standard InChI is InChI=1S/C10H20N2O2/c1-11-10(13)9-14-8-7-12-5-3-2-4-6-12/h2-9H2,1H3,(H,11,13). The molecule has 0 aromatic rings. The first-order valence-corrected chi connectivity index (χ1v) is 5.33. The summed E-state index contributed by atoms with van der Waals surface area (Å²) in [5.74, 6) is -0.0522. The summed E-state index contributed by atoms with van der Waals surface area (Å²) in [6.07, 6.45) is 3.96. The van der Waals surface area contributed by atoms with Crippen molar-refractivity contribution in [3.63, 3.8) is 0 Å². The number of amides is 1. The molecular formula is C10H20N2O2. The maximum absolute atomic E-state index is 10.8. The second kappa shape index (κ2) is 6.79. The molecule has 1 amide bonds. The van der Waals surface area contributed by atoms with E-state index in [1.165, 1.54) is 32.4 Å². The molecule has 1 N–H and O–H groups in total. The summed E-state index contributed by atoms with van der Waals surface area (Å²) in [6.45, 7) is 4.17. The lowest BCUT2D eigenvalue weighted by Crippen LogP contribution is -2.33. The Bertz CT molecular complexity index is 168. The number of likely N-dealkylation sites (N-methyl/N-ethyl adjacent to an activating group) is 1. The molecule has 0 saturated carbocycles. The number of nitrogens with zero attached hydrogens (tertiary/aromatic N) is 1. The van der Waals surface area contributed by atoms with Crippen LogP contribution in [0.15, 0.2) is 0 Å². The summed E-state index contributed by atoms with van der Waals surface area (Å²) in [7, 11) is 1.62. The topological polar surface area (TPSA) is 41.6 Å². The highest BCUT2D eigenvalue weighted by molar-refractivity contribution is 5.76. The molecule has 0 spiro atoms. The predicted octanol–water partition coefficient (Wildman–Crippen LogP) is 0.235. The van der Waals surface area contributed by atoms with Crippen LogP contribution in [0.4, 0.5) is 0 Å². The molecule has 14 heavy (non-hydrogen) atoms. The van der Waals surface area contributed by atoms with Crippen LogP contribution in [0.3, 0.4) is 0 Å². The van der Waals surface area contributed by atoms with Gasteiger partial charge in [0.2, 0.25) is 5.91 Å². The summed E-state index contributed by atoms with van der Waals surface area (Å²) in [4.78, 5) is 13.2. The second-order valence-electron chi connectivity index (χ2n) is 3.63. The van der Waals surface area contributed by atoms with Crippen molar-refractivity contribution in [1.29, 1.82) is 0 Å². The molecule has 1 fully saturated rings. The Kier molecular flexibility index (Phi) is 5.56. The fraction of sp³-hybridized carbons (Fsp3) is 0.900. The van der Waals surface area contributed by atoms with Gasteiger partial charge in [-0.15, -0.1) is 0 Å². The summed E-state index contributed by atoms with van der Waals surface area (Å²) >= 11 is 0. The zero-order valence-electron chi connectivity index (χ0n) is 8.92. The SMILES string of the molecule is CNC(=O)COCCN1CCCCC1. The normalized spacial score (nSPS) is 18.1. The van der Waals surface area contributed by atoms with E-state index in [1.807, 2.05) is 0 Å². The van der Waals surface area contributed by atoms with E-state index in [0.29, 0.717) is 6.61 Å². The van der Waals surface area contributed by atoms with E-state index in [0.717, 1.165) is 6.54 Å². The molecule has 0 aromatic carbocycles. The van der Waals surface area contributed by atoms with Crippen LogP contribution in [0.2, 0.25) is 0 Å². The van der Waals surface area contributed by atoms with Crippen LogP contribution in [-0.2, 0) is 9.53 Å². The van der Waals surface area contributed by atoms with Gasteiger partial charge in [-0.05, 0) is 25.9 Å². The molecule has 0 radical (unpaired) electrons. The number of hydrogen-bond donors (Lipinski definition) is 1. The number of nitrogens with one attached hydrogen (secondary N) is 1. The lowest BCUT2D eigenvalue weighted by atomic mass is 10.1. The molecule has 1 aliphatic rings. The van der Waals surface area contributed by atoms with E-state index in [2.05, 4.69) is 10.2 Å². The van der Waals surface area contributed by atoms with Gasteiger partial charge in [-0.2, -0.15) is 0 Å². The zero-order valence-corrected chi connectivity index (χ0v) is 8.92. The van der Waals surface area contributed by atoms with Gasteiger partial charge < -0.3 is 15.0 Å². The van der Waals surface area contributed by atoms with Crippen molar-refractivity contribution >= 4 is 5.91 Å². The van der Waals surface area contributed by atoms with Gasteiger partial charge in [0.15, 0.2) is 0 Å². The van der Waals surface area contributed by atoms with Gasteiger partial charge in [0.05, 0.1) is 6.61 Å². The van der Waals surface area contributed by atoms with E-state index in [9.17, 15) is 4.79 Å². The first-order valence-electron chi connectivity index (χ1n) is 5.33. The number of carbonyl (C=O) groups is 1. The quantitative estimate of drug-likeness (QED) is 0.646. The highest BCUT2D eigenvalue weighted by Gasteiger charge is 2.09. The first-order chi connectivity index (χ1) is 6.83. The summed E-state index contributed by atoms with van der Waals surface area (Å²) in [6, 6.07) is 0. The van der Waals surface area contributed by atoms with Gasteiger partial charge in [-0.25, -0.2) is 0 Å². The second-order valence-corrected chi connectivity index (χ2v) is 3.63. The lowest BCUT2D eigenvalue weighted by molar-refractivity contribution is -0.125. The van der Waals surface area contributed by atoms with Crippen LogP contribution in [0, 0.1) is 0 Å². The Labute approximate surface area is 85.6 Å². The van der Waals surface area contributed by atoms with Crippen molar-refractivity contribution in [3.05, 3.63) is 0 Å². The molecule has 1 aliphatic heterocycles. The van der Waals surface area contributed by atoms with Gasteiger partial charge in [-0.1, -0.05) is 6.42 Å². The maximum atomic E-state index is 10.8. The van der Waals surface area contributed by atoms with Gasteiger partial charge in [0.1, 0.15) is 6.61 Å². The van der Waals surface area contributed by atoms with Crippen molar-refractivity contribution in [2.45, 2.75) is 19.3 Å². The van der Waals surface area contributed by atoms with Crippen molar-refractivity contribution in [1.82, 2.24) is 10.2 Å². The predicted molar refractivity (Wildman–Crippen MR) is 55.2 cm³/mol. The third-order valence-corrected chi connectivity index (χ3v) is 2.51. The van der Waals surface area contributed by atoms with Crippen LogP contribution in [0.1, 0.15) is 19.3 Å². The Balaban J connectivity index is 1.94. The Morgan fingerprint density at radius 1 is 1.36 bits per heavy atom. The van der Waals surface area contributed by atoms with Crippen molar-refractivity contribution in [2.24, 2.45) is 0 Å². The fourth-order valence-electron chi connectivity index (χ4n) is 1.61. The van der Waals surface area contributed by atoms with Crippen LogP contribution in [0.5, 0.6) is 0 Å². The van der Waals surface area contributed by atoms with Crippen molar-refractivity contribution in [2.75, 3.05) is 39.9 Å². The highest BCUT2D eigenvalue weighted by atomic mass is 16.5. The Hall–Kier alpha value is -0.610. The minimum atomic E-state index is -0.0522. The molecule has 1 heterocycles.